The van der Waals surface area contributed by atoms with Crippen LogP contribution in [-0.2, 0) is 11.3 Å². The van der Waals surface area contributed by atoms with Gasteiger partial charge in [-0.2, -0.15) is 0 Å². The SMILES string of the molecule is COc1ccc(CNC(=O)/C=C/c2cc(C)ccc2OC)cn1. The van der Waals surface area contributed by atoms with Crippen LogP contribution in [0.5, 0.6) is 11.6 Å². The molecule has 23 heavy (non-hydrogen) atoms. The van der Waals surface area contributed by atoms with Crippen LogP contribution in [0.3, 0.4) is 0 Å². The van der Waals surface area contributed by atoms with Gasteiger partial charge in [0.15, 0.2) is 0 Å². The van der Waals surface area contributed by atoms with Gasteiger partial charge in [0, 0.05) is 30.4 Å². The molecule has 0 saturated carbocycles. The Hall–Kier alpha value is -2.82. The number of aryl methyl sites for hydroxylation is 1. The van der Waals surface area contributed by atoms with Gasteiger partial charge in [-0.1, -0.05) is 17.7 Å². The van der Waals surface area contributed by atoms with Crippen molar-refractivity contribution >= 4 is 12.0 Å². The Morgan fingerprint density at radius 2 is 2.04 bits per heavy atom. The average molecular weight is 312 g/mol. The summed E-state index contributed by atoms with van der Waals surface area (Å²) in [5, 5.41) is 2.81. The van der Waals surface area contributed by atoms with Gasteiger partial charge in [0.25, 0.3) is 0 Å². The number of hydrogen-bond acceptors (Lipinski definition) is 4. The van der Waals surface area contributed by atoms with Gasteiger partial charge in [-0.15, -0.1) is 0 Å². The molecule has 0 aliphatic heterocycles. The number of benzene rings is 1. The summed E-state index contributed by atoms with van der Waals surface area (Å²) in [5.41, 5.74) is 2.88. The van der Waals surface area contributed by atoms with Crippen molar-refractivity contribution in [1.82, 2.24) is 10.3 Å². The average Bonchev–Trinajstić information content (AvgIpc) is 2.58. The van der Waals surface area contributed by atoms with Gasteiger partial charge in [0.2, 0.25) is 11.8 Å². The Morgan fingerprint density at radius 1 is 1.22 bits per heavy atom. The summed E-state index contributed by atoms with van der Waals surface area (Å²) < 4.78 is 10.3. The zero-order chi connectivity index (χ0) is 16.7. The largest absolute Gasteiger partial charge is 0.496 e. The smallest absolute Gasteiger partial charge is 0.244 e. The number of ether oxygens (including phenoxy) is 2. The summed E-state index contributed by atoms with van der Waals surface area (Å²) in [7, 11) is 3.17. The van der Waals surface area contributed by atoms with Gasteiger partial charge in [0.05, 0.1) is 14.2 Å². The van der Waals surface area contributed by atoms with Crippen LogP contribution < -0.4 is 14.8 Å². The fourth-order valence-electron chi connectivity index (χ4n) is 2.03. The lowest BCUT2D eigenvalue weighted by atomic mass is 10.1. The van der Waals surface area contributed by atoms with Crippen LogP contribution in [-0.4, -0.2) is 25.1 Å². The molecule has 0 aliphatic rings. The predicted molar refractivity (Wildman–Crippen MR) is 89.4 cm³/mol. The Balaban J connectivity index is 1.95. The third kappa shape index (κ3) is 4.85. The summed E-state index contributed by atoms with van der Waals surface area (Å²) >= 11 is 0. The van der Waals surface area contributed by atoms with Crippen LogP contribution in [0.25, 0.3) is 6.08 Å². The topological polar surface area (TPSA) is 60.5 Å². The Labute approximate surface area is 136 Å². The predicted octanol–water partition coefficient (Wildman–Crippen LogP) is 2.74. The van der Waals surface area contributed by atoms with Crippen LogP contribution >= 0.6 is 0 Å². The number of nitrogens with zero attached hydrogens (tertiary/aromatic N) is 1. The van der Waals surface area contributed by atoms with Crippen LogP contribution in [0.15, 0.2) is 42.6 Å². The Morgan fingerprint density at radius 3 is 2.70 bits per heavy atom. The minimum atomic E-state index is -0.177. The van der Waals surface area contributed by atoms with Crippen molar-refractivity contribution in [2.75, 3.05) is 14.2 Å². The number of hydrogen-bond donors (Lipinski definition) is 1. The number of rotatable bonds is 6. The first-order valence-electron chi connectivity index (χ1n) is 7.22. The number of amides is 1. The first-order chi connectivity index (χ1) is 11.1. The molecule has 1 heterocycles. The summed E-state index contributed by atoms with van der Waals surface area (Å²) in [5.74, 6) is 1.11. The monoisotopic (exact) mass is 312 g/mol. The normalized spacial score (nSPS) is 10.6. The third-order valence-electron chi connectivity index (χ3n) is 3.27. The van der Waals surface area contributed by atoms with E-state index >= 15 is 0 Å². The van der Waals surface area contributed by atoms with E-state index in [1.165, 1.54) is 6.08 Å². The van der Waals surface area contributed by atoms with Gasteiger partial charge < -0.3 is 14.8 Å². The lowest BCUT2D eigenvalue weighted by Gasteiger charge is -2.06. The quantitative estimate of drug-likeness (QED) is 0.833. The molecule has 2 rings (SSSR count). The molecule has 1 aromatic carbocycles. The second kappa shape index (κ2) is 7.98. The fraction of sp³-hybridized carbons (Fsp3) is 0.222. The zero-order valence-electron chi connectivity index (χ0n) is 13.5. The highest BCUT2D eigenvalue weighted by molar-refractivity contribution is 5.92. The van der Waals surface area contributed by atoms with E-state index in [2.05, 4.69) is 10.3 Å². The van der Waals surface area contributed by atoms with Crippen LogP contribution in [0, 0.1) is 6.92 Å². The molecule has 1 N–H and O–H groups in total. The molecule has 0 fully saturated rings. The zero-order valence-corrected chi connectivity index (χ0v) is 13.5. The van der Waals surface area contributed by atoms with Gasteiger partial charge >= 0.3 is 0 Å². The molecule has 1 amide bonds. The minimum absolute atomic E-state index is 0.177. The summed E-state index contributed by atoms with van der Waals surface area (Å²) in [6, 6.07) is 9.44. The molecular weight excluding hydrogens is 292 g/mol. The highest BCUT2D eigenvalue weighted by Gasteiger charge is 2.02. The van der Waals surface area contributed by atoms with Crippen LogP contribution in [0.1, 0.15) is 16.7 Å². The summed E-state index contributed by atoms with van der Waals surface area (Å²) in [4.78, 5) is 16.0. The van der Waals surface area contributed by atoms with Gasteiger partial charge in [-0.05, 0) is 30.7 Å². The van der Waals surface area contributed by atoms with Gasteiger partial charge in [-0.25, -0.2) is 4.98 Å². The highest BCUT2D eigenvalue weighted by atomic mass is 16.5. The number of methoxy groups -OCH3 is 2. The lowest BCUT2D eigenvalue weighted by molar-refractivity contribution is -0.116. The third-order valence-corrected chi connectivity index (χ3v) is 3.27. The van der Waals surface area contributed by atoms with Crippen LogP contribution in [0.4, 0.5) is 0 Å². The number of aromatic nitrogens is 1. The molecule has 5 nitrogen and oxygen atoms in total. The number of carbonyl (C=O) groups excluding carboxylic acids is 1. The molecule has 120 valence electrons. The Kier molecular flexibility index (Phi) is 5.74. The van der Waals surface area contributed by atoms with E-state index < -0.39 is 0 Å². The molecule has 5 heteroatoms. The van der Waals surface area contributed by atoms with Crippen molar-refractivity contribution in [1.29, 1.82) is 0 Å². The van der Waals surface area contributed by atoms with E-state index in [-0.39, 0.29) is 5.91 Å². The van der Waals surface area contributed by atoms with E-state index in [9.17, 15) is 4.79 Å². The second-order valence-corrected chi connectivity index (χ2v) is 5.01. The molecule has 0 bridgehead atoms. The van der Waals surface area contributed by atoms with Crippen LogP contribution in [0.2, 0.25) is 0 Å². The number of carbonyl (C=O) groups is 1. The van der Waals surface area contributed by atoms with Crippen molar-refractivity contribution < 1.29 is 14.3 Å². The van der Waals surface area contributed by atoms with E-state index in [1.807, 2.05) is 31.2 Å². The van der Waals surface area contributed by atoms with E-state index in [1.54, 1.807) is 32.6 Å². The highest BCUT2D eigenvalue weighted by Crippen LogP contribution is 2.20. The molecule has 0 unspecified atom stereocenters. The van der Waals surface area contributed by atoms with Crippen molar-refractivity contribution in [3.63, 3.8) is 0 Å². The maximum Gasteiger partial charge on any atom is 0.244 e. The number of nitrogens with one attached hydrogen (secondary N) is 1. The first-order valence-corrected chi connectivity index (χ1v) is 7.22. The molecule has 1 aromatic heterocycles. The minimum Gasteiger partial charge on any atom is -0.496 e. The lowest BCUT2D eigenvalue weighted by Crippen LogP contribution is -2.20. The summed E-state index contributed by atoms with van der Waals surface area (Å²) in [6.07, 6.45) is 4.91. The van der Waals surface area contributed by atoms with E-state index in [0.29, 0.717) is 12.4 Å². The number of pyridine rings is 1. The van der Waals surface area contributed by atoms with E-state index in [0.717, 1.165) is 22.4 Å². The van der Waals surface area contributed by atoms with Gasteiger partial charge in [-0.3, -0.25) is 4.79 Å². The summed E-state index contributed by atoms with van der Waals surface area (Å²) in [6.45, 7) is 2.40. The van der Waals surface area contributed by atoms with Crippen molar-refractivity contribution in [3.05, 3.63) is 59.3 Å². The molecule has 0 aliphatic carbocycles. The molecule has 0 atom stereocenters. The molecule has 0 spiro atoms. The van der Waals surface area contributed by atoms with Crippen molar-refractivity contribution in [2.24, 2.45) is 0 Å². The first kappa shape index (κ1) is 16.5. The second-order valence-electron chi connectivity index (χ2n) is 5.01. The van der Waals surface area contributed by atoms with Gasteiger partial charge in [0.1, 0.15) is 5.75 Å². The maximum atomic E-state index is 11.9. The Bertz CT molecular complexity index is 694. The van der Waals surface area contributed by atoms with Crippen molar-refractivity contribution in [3.8, 4) is 11.6 Å². The van der Waals surface area contributed by atoms with E-state index in [4.69, 9.17) is 9.47 Å². The molecule has 2 aromatic rings. The fourth-order valence-corrected chi connectivity index (χ4v) is 2.03. The molecule has 0 radical (unpaired) electrons. The molecular formula is C18H20N2O3. The maximum absolute atomic E-state index is 11.9. The van der Waals surface area contributed by atoms with Crippen molar-refractivity contribution in [2.45, 2.75) is 13.5 Å². The molecule has 0 saturated heterocycles. The standard InChI is InChI=1S/C18H20N2O3/c1-13-4-7-16(22-2)15(10-13)6-8-17(21)19-11-14-5-9-18(23-3)20-12-14/h4-10,12H,11H2,1-3H3,(H,19,21)/b8-6+.